The molecule has 23 heavy (non-hydrogen) atoms. The average Bonchev–Trinajstić information content (AvgIpc) is 3.11. The van der Waals surface area contributed by atoms with Crippen molar-refractivity contribution in [1.29, 1.82) is 0 Å². The van der Waals surface area contributed by atoms with Gasteiger partial charge in [0.2, 0.25) is 0 Å². The van der Waals surface area contributed by atoms with E-state index in [1.54, 1.807) is 10.6 Å². The first-order chi connectivity index (χ1) is 11.1. The molecule has 3 aromatic heterocycles. The summed E-state index contributed by atoms with van der Waals surface area (Å²) < 4.78 is 3.61. The van der Waals surface area contributed by atoms with E-state index in [0.29, 0.717) is 10.5 Å². The van der Waals surface area contributed by atoms with Crippen molar-refractivity contribution in [2.24, 2.45) is 0 Å². The summed E-state index contributed by atoms with van der Waals surface area (Å²) in [6, 6.07) is 1.69. The van der Waals surface area contributed by atoms with Crippen LogP contribution in [0.3, 0.4) is 0 Å². The van der Waals surface area contributed by atoms with Gasteiger partial charge >= 0.3 is 0 Å². The number of hydrogen-bond acceptors (Lipinski definition) is 4. The summed E-state index contributed by atoms with van der Waals surface area (Å²) >= 11 is 6.02. The molecule has 0 radical (unpaired) electrons. The molecule has 0 aliphatic carbocycles. The van der Waals surface area contributed by atoms with Crippen molar-refractivity contribution >= 4 is 17.1 Å². The predicted octanol–water partition coefficient (Wildman–Crippen LogP) is 2.99. The first-order valence-corrected chi connectivity index (χ1v) is 8.16. The van der Waals surface area contributed by atoms with E-state index in [4.69, 9.17) is 11.6 Å². The van der Waals surface area contributed by atoms with Gasteiger partial charge in [0.05, 0.1) is 29.2 Å². The molecule has 1 aliphatic rings. The Kier molecular flexibility index (Phi) is 4.28. The fourth-order valence-electron chi connectivity index (χ4n) is 2.85. The summed E-state index contributed by atoms with van der Waals surface area (Å²) in [4.78, 5) is 0. The zero-order valence-electron chi connectivity index (χ0n) is 13.5. The highest BCUT2D eigenvalue weighted by molar-refractivity contribution is 6.34. The third-order valence-electron chi connectivity index (χ3n) is 3.93. The number of fused-ring (bicyclic) bond motifs is 2. The number of aromatic nitrogens is 4. The smallest absolute Gasteiger partial charge is 0.143 e. The van der Waals surface area contributed by atoms with E-state index in [-0.39, 0.29) is 5.75 Å². The van der Waals surface area contributed by atoms with E-state index in [0.717, 1.165) is 36.5 Å². The third kappa shape index (κ3) is 2.58. The lowest BCUT2D eigenvalue weighted by atomic mass is 10.1. The van der Waals surface area contributed by atoms with Gasteiger partial charge in [-0.15, -0.1) is 0 Å². The van der Waals surface area contributed by atoms with Crippen LogP contribution in [0.25, 0.3) is 16.8 Å². The Morgan fingerprint density at radius 2 is 2.13 bits per heavy atom. The topological polar surface area (TPSA) is 67.4 Å². The number of nitrogens with zero attached hydrogens (tertiary/aromatic N) is 4. The molecule has 0 amide bonds. The third-order valence-corrected chi connectivity index (χ3v) is 4.21. The van der Waals surface area contributed by atoms with E-state index < -0.39 is 0 Å². The van der Waals surface area contributed by atoms with Gasteiger partial charge < -0.3 is 10.4 Å². The minimum atomic E-state index is 0.110. The maximum absolute atomic E-state index is 10.2. The van der Waals surface area contributed by atoms with Crippen LogP contribution in [0, 0.1) is 6.92 Å². The zero-order valence-corrected chi connectivity index (χ0v) is 14.2. The summed E-state index contributed by atoms with van der Waals surface area (Å²) in [5.74, 6) is 0.110. The van der Waals surface area contributed by atoms with E-state index >= 15 is 0 Å². The second-order valence-corrected chi connectivity index (χ2v) is 5.63. The molecule has 122 valence electrons. The highest BCUT2D eigenvalue weighted by Gasteiger charge is 2.19. The normalized spacial score (nSPS) is 13.6. The summed E-state index contributed by atoms with van der Waals surface area (Å²) in [5.41, 5.74) is 4.54. The molecule has 0 bridgehead atoms. The van der Waals surface area contributed by atoms with Crippen molar-refractivity contribution < 1.29 is 5.11 Å². The van der Waals surface area contributed by atoms with Gasteiger partial charge in [-0.3, -0.25) is 4.68 Å². The lowest BCUT2D eigenvalue weighted by Crippen LogP contribution is -2.28. The molecule has 0 saturated heterocycles. The Labute approximate surface area is 139 Å². The molecule has 2 N–H and O–H groups in total. The number of pyridine rings is 1. The molecule has 6 nitrogen and oxygen atoms in total. The molecule has 4 rings (SSSR count). The molecule has 0 fully saturated rings. The minimum Gasteiger partial charge on any atom is -0.506 e. The first kappa shape index (κ1) is 15.8. The van der Waals surface area contributed by atoms with Crippen LogP contribution in [0.15, 0.2) is 18.5 Å². The van der Waals surface area contributed by atoms with Gasteiger partial charge in [-0.25, -0.2) is 4.52 Å². The zero-order chi connectivity index (χ0) is 16.6. The molecule has 0 spiro atoms. The van der Waals surface area contributed by atoms with Crippen LogP contribution < -0.4 is 5.32 Å². The molecule has 1 aliphatic heterocycles. The average molecular weight is 334 g/mol. The monoisotopic (exact) mass is 333 g/mol. The van der Waals surface area contributed by atoms with Gasteiger partial charge in [0.1, 0.15) is 11.3 Å². The van der Waals surface area contributed by atoms with E-state index in [1.165, 1.54) is 11.9 Å². The number of nitrogens with one attached hydrogen (secondary N) is 1. The van der Waals surface area contributed by atoms with Crippen LogP contribution in [-0.2, 0) is 13.1 Å². The van der Waals surface area contributed by atoms with E-state index in [1.807, 2.05) is 24.7 Å². The highest BCUT2D eigenvalue weighted by Crippen LogP contribution is 2.32. The molecule has 0 aromatic carbocycles. The van der Waals surface area contributed by atoms with Crippen molar-refractivity contribution in [3.63, 3.8) is 0 Å². The second kappa shape index (κ2) is 6.22. The van der Waals surface area contributed by atoms with Crippen LogP contribution in [0.5, 0.6) is 5.75 Å². The predicted molar refractivity (Wildman–Crippen MR) is 90.9 cm³/mol. The lowest BCUT2D eigenvalue weighted by Gasteiger charge is -2.14. The van der Waals surface area contributed by atoms with Gasteiger partial charge in [-0.2, -0.15) is 10.2 Å². The van der Waals surface area contributed by atoms with Crippen molar-refractivity contribution in [3.8, 4) is 17.0 Å². The summed E-state index contributed by atoms with van der Waals surface area (Å²) in [5, 5.41) is 22.8. The molecule has 7 heteroatoms. The number of rotatable bonds is 1. The Morgan fingerprint density at radius 3 is 2.87 bits per heavy atom. The molecule has 0 unspecified atom stereocenters. The largest absolute Gasteiger partial charge is 0.506 e. The van der Waals surface area contributed by atoms with Crippen LogP contribution in [-0.4, -0.2) is 31.0 Å². The van der Waals surface area contributed by atoms with Crippen LogP contribution in [0.4, 0.5) is 0 Å². The fraction of sp³-hybridized carbons (Fsp3) is 0.375. The standard InChI is InChI=1S/C14H14ClN5O.C2H6/c1-8-11-6-16-2-3-19(11)18-13(8)9-4-12(21)14-10(15)5-17-20(14)7-9;1-2/h4-5,7,16,21H,2-3,6H2,1H3;1-2H3. The van der Waals surface area contributed by atoms with Gasteiger partial charge in [0.25, 0.3) is 0 Å². The van der Waals surface area contributed by atoms with E-state index in [9.17, 15) is 5.11 Å². The maximum Gasteiger partial charge on any atom is 0.143 e. The quantitative estimate of drug-likeness (QED) is 0.718. The Hall–Kier alpha value is -2.05. The number of hydrogen-bond donors (Lipinski definition) is 2. The van der Waals surface area contributed by atoms with E-state index in [2.05, 4.69) is 22.4 Å². The molecular formula is C16H20ClN5O. The number of halogens is 1. The summed E-state index contributed by atoms with van der Waals surface area (Å²) in [6.07, 6.45) is 3.37. The van der Waals surface area contributed by atoms with Crippen molar-refractivity contribution in [3.05, 3.63) is 34.7 Å². The lowest BCUT2D eigenvalue weighted by molar-refractivity contribution is 0.474. The maximum atomic E-state index is 10.2. The van der Waals surface area contributed by atoms with Crippen LogP contribution >= 0.6 is 11.6 Å². The van der Waals surface area contributed by atoms with Gasteiger partial charge in [0.15, 0.2) is 0 Å². The van der Waals surface area contributed by atoms with Crippen molar-refractivity contribution in [2.45, 2.75) is 33.9 Å². The van der Waals surface area contributed by atoms with Crippen LogP contribution in [0.1, 0.15) is 25.1 Å². The second-order valence-electron chi connectivity index (χ2n) is 5.22. The minimum absolute atomic E-state index is 0.110. The Bertz CT molecular complexity index is 852. The fourth-order valence-corrected chi connectivity index (χ4v) is 3.08. The molecule has 0 saturated carbocycles. The van der Waals surface area contributed by atoms with Gasteiger partial charge in [-0.1, -0.05) is 25.4 Å². The van der Waals surface area contributed by atoms with Crippen molar-refractivity contribution in [1.82, 2.24) is 24.7 Å². The van der Waals surface area contributed by atoms with Gasteiger partial charge in [0, 0.05) is 24.8 Å². The molecule has 3 aromatic rings. The highest BCUT2D eigenvalue weighted by atomic mass is 35.5. The summed E-state index contributed by atoms with van der Waals surface area (Å²) in [7, 11) is 0. The van der Waals surface area contributed by atoms with Crippen LogP contribution in [0.2, 0.25) is 5.02 Å². The number of aromatic hydroxyl groups is 1. The Balaban J connectivity index is 0.000000753. The molecular weight excluding hydrogens is 314 g/mol. The SMILES string of the molecule is CC.Cc1c(-c2cc(O)c3c(Cl)cnn3c2)nn2c1CNCC2. The molecule has 0 atom stereocenters. The van der Waals surface area contributed by atoms with Crippen molar-refractivity contribution in [2.75, 3.05) is 6.54 Å². The Morgan fingerprint density at radius 1 is 1.35 bits per heavy atom. The first-order valence-electron chi connectivity index (χ1n) is 7.78. The summed E-state index contributed by atoms with van der Waals surface area (Å²) in [6.45, 7) is 8.66. The molecule has 4 heterocycles. The van der Waals surface area contributed by atoms with Gasteiger partial charge in [-0.05, 0) is 18.6 Å².